The van der Waals surface area contributed by atoms with E-state index in [1.807, 2.05) is 18.2 Å². The number of methoxy groups -OCH3 is 1. The lowest BCUT2D eigenvalue weighted by Gasteiger charge is -2.50. The van der Waals surface area contributed by atoms with Crippen LogP contribution in [-0.2, 0) is 9.53 Å². The van der Waals surface area contributed by atoms with Crippen molar-refractivity contribution in [1.29, 1.82) is 0 Å². The topological polar surface area (TPSA) is 46.5 Å². The number of aliphatic hydroxyl groups excluding tert-OH is 1. The third-order valence-corrected chi connectivity index (χ3v) is 6.23. The van der Waals surface area contributed by atoms with Crippen LogP contribution in [0.5, 0.6) is 0 Å². The number of carbonyl (C=O) groups excluding carboxylic acids is 1. The Balaban J connectivity index is 1.84. The van der Waals surface area contributed by atoms with Gasteiger partial charge in [-0.3, -0.25) is 4.79 Å². The third kappa shape index (κ3) is 1.69. The molecular formula is C19H22O3. The molecule has 3 nitrogen and oxygen atoms in total. The molecule has 4 bridgehead atoms. The van der Waals surface area contributed by atoms with E-state index in [9.17, 15) is 9.90 Å². The minimum atomic E-state index is -0.424. The largest absolute Gasteiger partial charge is 0.469 e. The van der Waals surface area contributed by atoms with Crippen LogP contribution in [0.4, 0.5) is 0 Å². The monoisotopic (exact) mass is 298 g/mol. The molecule has 1 aromatic rings. The molecule has 3 fully saturated rings. The molecule has 116 valence electrons. The Morgan fingerprint density at radius 3 is 2.50 bits per heavy atom. The van der Waals surface area contributed by atoms with E-state index < -0.39 is 6.10 Å². The van der Waals surface area contributed by atoms with Crippen molar-refractivity contribution >= 4 is 11.5 Å². The van der Waals surface area contributed by atoms with E-state index in [1.165, 1.54) is 23.8 Å². The van der Waals surface area contributed by atoms with Crippen LogP contribution in [-0.4, -0.2) is 24.3 Å². The molecular weight excluding hydrogens is 276 g/mol. The second-order valence-electron chi connectivity index (χ2n) is 6.96. The van der Waals surface area contributed by atoms with Crippen molar-refractivity contribution in [2.75, 3.05) is 7.11 Å². The minimum absolute atomic E-state index is 0.0450. The number of benzene rings is 1. The molecule has 1 aromatic carbocycles. The molecule has 0 amide bonds. The predicted molar refractivity (Wildman–Crippen MR) is 83.7 cm³/mol. The summed E-state index contributed by atoms with van der Waals surface area (Å²) in [5.41, 5.74) is 3.76. The van der Waals surface area contributed by atoms with E-state index in [-0.39, 0.29) is 29.6 Å². The fraction of sp³-hybridized carbons (Fsp3) is 0.526. The number of ether oxygens (including phenoxy) is 1. The number of hydrogen-bond donors (Lipinski definition) is 1. The summed E-state index contributed by atoms with van der Waals surface area (Å²) in [5, 5.41) is 10.9. The molecule has 0 aliphatic heterocycles. The summed E-state index contributed by atoms with van der Waals surface area (Å²) in [6.07, 6.45) is 1.62. The summed E-state index contributed by atoms with van der Waals surface area (Å²) < 4.78 is 5.06. The highest BCUT2D eigenvalue weighted by Gasteiger charge is 2.61. The van der Waals surface area contributed by atoms with Gasteiger partial charge >= 0.3 is 5.97 Å². The van der Waals surface area contributed by atoms with E-state index in [2.05, 4.69) is 19.1 Å². The summed E-state index contributed by atoms with van der Waals surface area (Å²) in [6.45, 7) is 2.15. The van der Waals surface area contributed by atoms with Crippen molar-refractivity contribution in [1.82, 2.24) is 0 Å². The van der Waals surface area contributed by atoms with Crippen LogP contribution in [0, 0.1) is 29.6 Å². The molecule has 0 heterocycles. The van der Waals surface area contributed by atoms with Gasteiger partial charge in [-0.25, -0.2) is 0 Å². The molecule has 0 saturated heterocycles. The maximum atomic E-state index is 12.3. The first-order valence-electron chi connectivity index (χ1n) is 8.17. The van der Waals surface area contributed by atoms with E-state index in [0.717, 1.165) is 12.8 Å². The first-order valence-corrected chi connectivity index (χ1v) is 8.17. The van der Waals surface area contributed by atoms with Gasteiger partial charge in [0, 0.05) is 5.92 Å². The lowest BCUT2D eigenvalue weighted by molar-refractivity contribution is -0.163. The number of esters is 1. The zero-order valence-electron chi connectivity index (χ0n) is 13.0. The third-order valence-electron chi connectivity index (χ3n) is 6.23. The Kier molecular flexibility index (Phi) is 3.15. The van der Waals surface area contributed by atoms with Gasteiger partial charge in [-0.1, -0.05) is 35.9 Å². The van der Waals surface area contributed by atoms with Crippen molar-refractivity contribution in [3.8, 4) is 0 Å². The van der Waals surface area contributed by atoms with Gasteiger partial charge in [0.25, 0.3) is 0 Å². The Hall–Kier alpha value is -1.61. The highest BCUT2D eigenvalue weighted by molar-refractivity contribution is 5.80. The van der Waals surface area contributed by atoms with Crippen molar-refractivity contribution in [3.63, 3.8) is 0 Å². The molecule has 3 saturated carbocycles. The van der Waals surface area contributed by atoms with Gasteiger partial charge in [0.2, 0.25) is 0 Å². The van der Waals surface area contributed by atoms with E-state index in [1.54, 1.807) is 0 Å². The molecule has 3 heteroatoms. The summed E-state index contributed by atoms with van der Waals surface area (Å²) in [7, 11) is 1.46. The number of fused-ring (bicyclic) bond motifs is 1. The van der Waals surface area contributed by atoms with Gasteiger partial charge in [-0.2, -0.15) is 0 Å². The molecule has 4 aliphatic carbocycles. The number of allylic oxidation sites excluding steroid dienone is 1. The Bertz CT molecular complexity index is 633. The van der Waals surface area contributed by atoms with Crippen LogP contribution in [0.2, 0.25) is 0 Å². The second-order valence-corrected chi connectivity index (χ2v) is 6.96. The van der Waals surface area contributed by atoms with Gasteiger partial charge in [0.1, 0.15) is 0 Å². The fourth-order valence-electron chi connectivity index (χ4n) is 5.50. The van der Waals surface area contributed by atoms with Crippen LogP contribution in [0.3, 0.4) is 0 Å². The maximum absolute atomic E-state index is 12.3. The van der Waals surface area contributed by atoms with Crippen LogP contribution >= 0.6 is 0 Å². The van der Waals surface area contributed by atoms with Crippen molar-refractivity contribution in [2.24, 2.45) is 29.6 Å². The summed E-state index contributed by atoms with van der Waals surface area (Å²) in [5.74, 6) is 0.548. The number of carbonyl (C=O) groups is 1. The van der Waals surface area contributed by atoms with Gasteiger partial charge in [-0.05, 0) is 48.7 Å². The minimum Gasteiger partial charge on any atom is -0.469 e. The summed E-state index contributed by atoms with van der Waals surface area (Å²) >= 11 is 0. The molecule has 6 atom stereocenters. The molecule has 5 rings (SSSR count). The lowest BCUT2D eigenvalue weighted by atomic mass is 9.55. The lowest BCUT2D eigenvalue weighted by Crippen LogP contribution is -2.53. The molecule has 22 heavy (non-hydrogen) atoms. The fourth-order valence-corrected chi connectivity index (χ4v) is 5.50. The second kappa shape index (κ2) is 4.95. The van der Waals surface area contributed by atoms with Crippen LogP contribution in [0.15, 0.2) is 35.9 Å². The van der Waals surface area contributed by atoms with Crippen molar-refractivity contribution < 1.29 is 14.6 Å². The summed E-state index contributed by atoms with van der Waals surface area (Å²) in [6, 6.07) is 10.3. The average molecular weight is 298 g/mol. The zero-order valence-corrected chi connectivity index (χ0v) is 13.0. The number of rotatable bonds is 2. The van der Waals surface area contributed by atoms with Crippen molar-refractivity contribution in [2.45, 2.75) is 25.9 Å². The normalized spacial score (nSPS) is 39.2. The molecule has 4 aliphatic rings. The quantitative estimate of drug-likeness (QED) is 0.854. The van der Waals surface area contributed by atoms with Crippen LogP contribution < -0.4 is 0 Å². The molecule has 1 N–H and O–H groups in total. The molecule has 0 unspecified atom stereocenters. The van der Waals surface area contributed by atoms with Crippen molar-refractivity contribution in [3.05, 3.63) is 41.5 Å². The average Bonchev–Trinajstić information content (AvgIpc) is 2.82. The Morgan fingerprint density at radius 2 is 1.82 bits per heavy atom. The SMILES string of the molecule is COC(=O)[C@H]1[C@H]2CC[C@@H]3[C@@H](C(c4ccccc4)=C(C)[C@@H]31)[C@H]2O. The number of hydrogen-bond acceptors (Lipinski definition) is 3. The summed E-state index contributed by atoms with van der Waals surface area (Å²) in [4.78, 5) is 12.3. The van der Waals surface area contributed by atoms with E-state index in [0.29, 0.717) is 5.92 Å². The molecule has 0 spiro atoms. The van der Waals surface area contributed by atoms with Crippen LogP contribution in [0.1, 0.15) is 25.3 Å². The Morgan fingerprint density at radius 1 is 1.14 bits per heavy atom. The van der Waals surface area contributed by atoms with Gasteiger partial charge in [-0.15, -0.1) is 0 Å². The maximum Gasteiger partial charge on any atom is 0.309 e. The molecule has 0 radical (unpaired) electrons. The number of aliphatic hydroxyl groups is 1. The highest BCUT2D eigenvalue weighted by atomic mass is 16.5. The van der Waals surface area contributed by atoms with E-state index in [4.69, 9.17) is 4.74 Å². The molecule has 0 aromatic heterocycles. The van der Waals surface area contributed by atoms with E-state index >= 15 is 0 Å². The highest BCUT2D eigenvalue weighted by Crippen LogP contribution is 2.63. The van der Waals surface area contributed by atoms with Crippen LogP contribution in [0.25, 0.3) is 5.57 Å². The smallest absolute Gasteiger partial charge is 0.309 e. The van der Waals surface area contributed by atoms with Gasteiger partial charge in [0.05, 0.1) is 19.1 Å². The zero-order chi connectivity index (χ0) is 15.4. The van der Waals surface area contributed by atoms with Gasteiger partial charge in [0.15, 0.2) is 0 Å². The predicted octanol–water partition coefficient (Wildman–Crippen LogP) is 2.90. The standard InChI is InChI=1S/C19H22O3/c1-10-14(11-6-4-3-5-7-11)16-12-8-9-13(18(16)20)17(15(10)12)19(21)22-2/h3-7,12-13,15-18,20H,8-9H2,1-2H3/t12-,13+,15-,16-,17-,18-/m0/s1. The van der Waals surface area contributed by atoms with Gasteiger partial charge < -0.3 is 9.84 Å². The first-order chi connectivity index (χ1) is 10.6. The first kappa shape index (κ1) is 14.0. The Labute approximate surface area is 131 Å².